The average Bonchev–Trinajstić information content (AvgIpc) is 1.90. The lowest BCUT2D eigenvalue weighted by atomic mass is 10.5. The molecule has 0 aliphatic carbocycles. The van der Waals surface area contributed by atoms with E-state index in [1.165, 1.54) is 0 Å². The van der Waals surface area contributed by atoms with E-state index in [0.717, 1.165) is 6.54 Å². The van der Waals surface area contributed by atoms with Crippen molar-refractivity contribution in [1.82, 2.24) is 5.48 Å². The van der Waals surface area contributed by atoms with Crippen LogP contribution in [-0.4, -0.2) is 6.54 Å². The fourth-order valence-corrected chi connectivity index (χ4v) is 0.338. The summed E-state index contributed by atoms with van der Waals surface area (Å²) < 4.78 is 0. The van der Waals surface area contributed by atoms with Crippen molar-refractivity contribution >= 4 is 0 Å². The van der Waals surface area contributed by atoms with E-state index in [0.29, 0.717) is 0 Å². The van der Waals surface area contributed by atoms with Crippen LogP contribution in [0.15, 0.2) is 18.4 Å². The zero-order valence-corrected chi connectivity index (χ0v) is 3.85. The van der Waals surface area contributed by atoms with Gasteiger partial charge in [-0.25, -0.2) is 0 Å². The third kappa shape index (κ3) is 1.41. The predicted molar refractivity (Wildman–Crippen MR) is 26.0 cm³/mol. The Morgan fingerprint density at radius 1 is 1.71 bits per heavy atom. The first-order chi connectivity index (χ1) is 3.50. The van der Waals surface area contributed by atoms with Crippen LogP contribution in [0.2, 0.25) is 0 Å². The van der Waals surface area contributed by atoms with Gasteiger partial charge >= 0.3 is 0 Å². The molecule has 0 aromatic heterocycles. The van der Waals surface area contributed by atoms with Crippen LogP contribution in [0.5, 0.6) is 0 Å². The highest BCUT2D eigenvalue weighted by molar-refractivity contribution is 4.93. The van der Waals surface area contributed by atoms with E-state index >= 15 is 0 Å². The lowest BCUT2D eigenvalue weighted by molar-refractivity contribution is 0.147. The molecule has 0 atom stereocenters. The Labute approximate surface area is 42.4 Å². The molecule has 1 radical (unpaired) electrons. The van der Waals surface area contributed by atoms with Crippen LogP contribution in [0.4, 0.5) is 0 Å². The van der Waals surface area contributed by atoms with Gasteiger partial charge in [0, 0.05) is 0 Å². The molecule has 0 fully saturated rings. The third-order valence-electron chi connectivity index (χ3n) is 0.619. The zero-order valence-electron chi connectivity index (χ0n) is 3.85. The predicted octanol–water partition coefficient (Wildman–Crippen LogP) is 0.394. The smallest absolute Gasteiger partial charge is 0.111 e. The maximum Gasteiger partial charge on any atom is 0.111 e. The van der Waals surface area contributed by atoms with Crippen molar-refractivity contribution in [2.45, 2.75) is 0 Å². The summed E-state index contributed by atoms with van der Waals surface area (Å²) in [6, 6.07) is 0. The molecule has 0 amide bonds. The molecule has 2 heteroatoms. The maximum absolute atomic E-state index is 4.67. The van der Waals surface area contributed by atoms with Gasteiger partial charge in [-0.05, 0) is 12.2 Å². The van der Waals surface area contributed by atoms with Crippen molar-refractivity contribution < 1.29 is 4.84 Å². The molecule has 1 aliphatic heterocycles. The van der Waals surface area contributed by atoms with Gasteiger partial charge in [0.15, 0.2) is 0 Å². The Hall–Kier alpha value is -0.760. The van der Waals surface area contributed by atoms with Crippen molar-refractivity contribution in [3.8, 4) is 0 Å². The van der Waals surface area contributed by atoms with Crippen LogP contribution in [-0.2, 0) is 4.84 Å². The molecule has 0 aromatic rings. The van der Waals surface area contributed by atoms with Crippen molar-refractivity contribution in [3.05, 3.63) is 24.5 Å². The summed E-state index contributed by atoms with van der Waals surface area (Å²) in [7, 11) is 0. The minimum atomic E-state index is 0.729. The average molecular weight is 96.1 g/mol. The molecule has 0 bridgehead atoms. The summed E-state index contributed by atoms with van der Waals surface area (Å²) in [6.45, 7) is 0.729. The highest BCUT2D eigenvalue weighted by Crippen LogP contribution is 1.79. The summed E-state index contributed by atoms with van der Waals surface area (Å²) in [5, 5.41) is 0. The van der Waals surface area contributed by atoms with Gasteiger partial charge in [-0.3, -0.25) is 0 Å². The Morgan fingerprint density at radius 3 is 3.71 bits per heavy atom. The minimum absolute atomic E-state index is 0.729. The molecule has 2 nitrogen and oxygen atoms in total. The van der Waals surface area contributed by atoms with E-state index in [1.807, 2.05) is 6.08 Å². The van der Waals surface area contributed by atoms with Gasteiger partial charge in [0.25, 0.3) is 0 Å². The van der Waals surface area contributed by atoms with E-state index < -0.39 is 0 Å². The fraction of sp³-hybridized carbons (Fsp3) is 0.200. The van der Waals surface area contributed by atoms with Crippen molar-refractivity contribution in [2.24, 2.45) is 0 Å². The van der Waals surface area contributed by atoms with Gasteiger partial charge in [0.2, 0.25) is 0 Å². The first-order valence-electron chi connectivity index (χ1n) is 2.11. The van der Waals surface area contributed by atoms with Gasteiger partial charge in [-0.15, -0.1) is 0 Å². The Balaban J connectivity index is 2.39. The number of rotatable bonds is 0. The first-order valence-corrected chi connectivity index (χ1v) is 2.11. The largest absolute Gasteiger partial charge is 0.416 e. The molecule has 0 aromatic carbocycles. The van der Waals surface area contributed by atoms with E-state index in [9.17, 15) is 0 Å². The Kier molecular flexibility index (Phi) is 1.52. The Bertz CT molecular complexity index is 84.3. The second-order valence-corrected chi connectivity index (χ2v) is 1.14. The molecule has 0 unspecified atom stereocenters. The molecule has 1 heterocycles. The zero-order chi connectivity index (χ0) is 4.95. The monoisotopic (exact) mass is 96.0 g/mol. The molecular weight excluding hydrogens is 90.1 g/mol. The second-order valence-electron chi connectivity index (χ2n) is 1.14. The number of nitrogens with one attached hydrogen (secondary N) is 1. The highest BCUT2D eigenvalue weighted by Gasteiger charge is 1.78. The molecule has 1 rings (SSSR count). The third-order valence-corrected chi connectivity index (χ3v) is 0.619. The number of hydroxylamine groups is 1. The van der Waals surface area contributed by atoms with Gasteiger partial charge in [0.05, 0.1) is 6.54 Å². The standard InChI is InChI=1S/C5H6NO/c1-2-4-6-7-5-3-1/h2-3,5-6H,4H2. The highest BCUT2D eigenvalue weighted by atomic mass is 16.6. The number of allylic oxidation sites excluding steroid dienone is 2. The minimum Gasteiger partial charge on any atom is -0.416 e. The van der Waals surface area contributed by atoms with Gasteiger partial charge in [-0.1, -0.05) is 6.08 Å². The summed E-state index contributed by atoms with van der Waals surface area (Å²) in [5.41, 5.74) is 2.64. The van der Waals surface area contributed by atoms with E-state index in [4.69, 9.17) is 0 Å². The van der Waals surface area contributed by atoms with Crippen molar-refractivity contribution in [1.29, 1.82) is 0 Å². The molecule has 1 aliphatic rings. The lowest BCUT2D eigenvalue weighted by Crippen LogP contribution is -2.08. The van der Waals surface area contributed by atoms with Crippen LogP contribution >= 0.6 is 0 Å². The lowest BCUT2D eigenvalue weighted by Gasteiger charge is -1.92. The van der Waals surface area contributed by atoms with Crippen LogP contribution in [0, 0.1) is 6.08 Å². The summed E-state index contributed by atoms with van der Waals surface area (Å²) in [5.74, 6) is 0. The Morgan fingerprint density at radius 2 is 2.71 bits per heavy atom. The quantitative estimate of drug-likeness (QED) is 0.471. The summed E-state index contributed by atoms with van der Waals surface area (Å²) in [4.78, 5) is 4.67. The van der Waals surface area contributed by atoms with Crippen LogP contribution in [0.25, 0.3) is 0 Å². The molecule has 0 saturated carbocycles. The first kappa shape index (κ1) is 4.40. The van der Waals surface area contributed by atoms with E-state index in [1.54, 1.807) is 12.3 Å². The van der Waals surface area contributed by atoms with Crippen LogP contribution in [0.1, 0.15) is 0 Å². The molecular formula is C5H6NO. The summed E-state index contributed by atoms with van der Waals surface area (Å²) in [6.07, 6.45) is 7.96. The number of hydrogen-bond acceptors (Lipinski definition) is 2. The van der Waals surface area contributed by atoms with Crippen LogP contribution in [0.3, 0.4) is 0 Å². The molecule has 1 N–H and O–H groups in total. The van der Waals surface area contributed by atoms with Gasteiger partial charge < -0.3 is 4.84 Å². The number of hydrogen-bond donors (Lipinski definition) is 1. The molecule has 7 heavy (non-hydrogen) atoms. The van der Waals surface area contributed by atoms with E-state index in [2.05, 4.69) is 16.4 Å². The van der Waals surface area contributed by atoms with Gasteiger partial charge in [-0.2, -0.15) is 5.48 Å². The van der Waals surface area contributed by atoms with Crippen molar-refractivity contribution in [3.63, 3.8) is 0 Å². The van der Waals surface area contributed by atoms with Crippen LogP contribution < -0.4 is 5.48 Å². The van der Waals surface area contributed by atoms with Crippen molar-refractivity contribution in [2.75, 3.05) is 6.54 Å². The van der Waals surface area contributed by atoms with Gasteiger partial charge in [0.1, 0.15) is 6.26 Å². The fourth-order valence-electron chi connectivity index (χ4n) is 0.338. The molecule has 37 valence electrons. The topological polar surface area (TPSA) is 21.3 Å². The summed E-state index contributed by atoms with van der Waals surface area (Å²) >= 11 is 0. The molecule has 0 spiro atoms. The SMILES string of the molecule is [C]1=CCNOC=C1. The normalized spacial score (nSPS) is 18.3. The second kappa shape index (κ2) is 2.42. The maximum atomic E-state index is 4.67. The molecule has 0 saturated heterocycles. The van der Waals surface area contributed by atoms with E-state index in [-0.39, 0.29) is 0 Å².